The van der Waals surface area contributed by atoms with E-state index in [9.17, 15) is 27.9 Å². The van der Waals surface area contributed by atoms with Gasteiger partial charge in [0.2, 0.25) is 5.91 Å². The van der Waals surface area contributed by atoms with Crippen molar-refractivity contribution in [1.82, 2.24) is 0 Å². The number of hydrogen-bond acceptors (Lipinski definition) is 2. The molecule has 0 saturated heterocycles. The number of carboxylic acids is 1. The van der Waals surface area contributed by atoms with Crippen LogP contribution in [0.25, 0.3) is 12.2 Å². The number of carbonyl (C=O) groups is 2. The molecule has 2 aromatic carbocycles. The molecule has 1 saturated carbocycles. The fourth-order valence-electron chi connectivity index (χ4n) is 2.56. The number of carboxylic acid groups (broad SMARTS) is 1. The van der Waals surface area contributed by atoms with Crippen LogP contribution in [0.4, 0.5) is 18.9 Å². The first-order chi connectivity index (χ1) is 13.1. The topological polar surface area (TPSA) is 66.4 Å². The van der Waals surface area contributed by atoms with Crippen molar-refractivity contribution < 1.29 is 27.9 Å². The van der Waals surface area contributed by atoms with Gasteiger partial charge < -0.3 is 10.4 Å². The molecule has 8 heteroatoms. The molecule has 0 unspecified atom stereocenters. The fourth-order valence-corrected chi connectivity index (χ4v) is 2.80. The second-order valence-corrected chi connectivity index (χ2v) is 6.85. The summed E-state index contributed by atoms with van der Waals surface area (Å²) >= 11 is 5.91. The van der Waals surface area contributed by atoms with Gasteiger partial charge in [0.05, 0.1) is 16.8 Å². The Balaban J connectivity index is 1.83. The summed E-state index contributed by atoms with van der Waals surface area (Å²) in [7, 11) is 0. The average molecular weight is 410 g/mol. The molecule has 1 fully saturated rings. The normalized spacial score (nSPS) is 14.3. The van der Waals surface area contributed by atoms with Crippen molar-refractivity contribution in [3.8, 4) is 0 Å². The summed E-state index contributed by atoms with van der Waals surface area (Å²) in [6.07, 6.45) is 0.133. The molecule has 4 nitrogen and oxygen atoms in total. The van der Waals surface area contributed by atoms with Crippen molar-refractivity contribution in [1.29, 1.82) is 0 Å². The van der Waals surface area contributed by atoms with Gasteiger partial charge in [0.15, 0.2) is 0 Å². The van der Waals surface area contributed by atoms with Crippen molar-refractivity contribution >= 4 is 41.3 Å². The molecular weight excluding hydrogens is 395 g/mol. The molecule has 2 N–H and O–H groups in total. The van der Waals surface area contributed by atoms with Crippen molar-refractivity contribution in [2.24, 2.45) is 5.92 Å². The molecule has 2 aromatic rings. The number of rotatable bonds is 5. The third-order valence-electron chi connectivity index (χ3n) is 4.26. The Labute approximate surface area is 163 Å². The van der Waals surface area contributed by atoms with E-state index in [1.165, 1.54) is 30.4 Å². The van der Waals surface area contributed by atoms with Gasteiger partial charge in [-0.15, -0.1) is 0 Å². The van der Waals surface area contributed by atoms with Gasteiger partial charge in [0.1, 0.15) is 0 Å². The van der Waals surface area contributed by atoms with E-state index in [4.69, 9.17) is 11.6 Å². The smallest absolute Gasteiger partial charge is 0.416 e. The van der Waals surface area contributed by atoms with Gasteiger partial charge in [0, 0.05) is 10.9 Å². The van der Waals surface area contributed by atoms with E-state index in [0.29, 0.717) is 11.1 Å². The summed E-state index contributed by atoms with van der Waals surface area (Å²) in [5.74, 6) is -1.47. The Morgan fingerprint density at radius 3 is 2.39 bits per heavy atom. The zero-order valence-corrected chi connectivity index (χ0v) is 15.1. The first-order valence-electron chi connectivity index (χ1n) is 8.38. The van der Waals surface area contributed by atoms with Crippen LogP contribution in [-0.2, 0) is 11.0 Å². The number of hydrogen-bond donors (Lipinski definition) is 2. The van der Waals surface area contributed by atoms with Gasteiger partial charge in [0.25, 0.3) is 0 Å². The maximum atomic E-state index is 12.7. The summed E-state index contributed by atoms with van der Waals surface area (Å²) in [4.78, 5) is 23.4. The Morgan fingerprint density at radius 1 is 1.11 bits per heavy atom. The zero-order valence-electron chi connectivity index (χ0n) is 14.4. The van der Waals surface area contributed by atoms with Crippen LogP contribution in [0, 0.1) is 5.92 Å². The molecular formula is C20H15ClF3NO3. The minimum atomic E-state index is -4.48. The quantitative estimate of drug-likeness (QED) is 0.634. The average Bonchev–Trinajstić information content (AvgIpc) is 3.45. The van der Waals surface area contributed by atoms with Crippen molar-refractivity contribution in [2.75, 3.05) is 5.32 Å². The Hall–Kier alpha value is -2.80. The second-order valence-electron chi connectivity index (χ2n) is 6.44. The van der Waals surface area contributed by atoms with Crippen LogP contribution in [0.1, 0.15) is 39.9 Å². The van der Waals surface area contributed by atoms with Gasteiger partial charge in [-0.1, -0.05) is 35.9 Å². The Morgan fingerprint density at radius 2 is 1.82 bits per heavy atom. The first kappa shape index (κ1) is 19.9. The maximum absolute atomic E-state index is 12.7. The van der Waals surface area contributed by atoms with E-state index in [1.807, 2.05) is 0 Å². The molecule has 1 aliphatic carbocycles. The lowest BCUT2D eigenvalue weighted by molar-refractivity contribution is -0.137. The van der Waals surface area contributed by atoms with Gasteiger partial charge in [-0.2, -0.15) is 13.2 Å². The number of nitrogens with one attached hydrogen (secondary N) is 1. The van der Waals surface area contributed by atoms with Crippen LogP contribution in [0.15, 0.2) is 36.4 Å². The van der Waals surface area contributed by atoms with E-state index in [1.54, 1.807) is 6.07 Å². The standard InChI is InChI=1S/C20H15ClF3NO3/c21-16-10-14(20(22,23)24)7-6-12(16)3-1-11-2-8-17(15(9-11)19(27)28)25-18(26)13-4-5-13/h1-3,6-10,13H,4-5H2,(H,25,26)(H,27,28)/b3-1+. The van der Waals surface area contributed by atoms with E-state index in [-0.39, 0.29) is 28.1 Å². The molecule has 0 spiro atoms. The maximum Gasteiger partial charge on any atom is 0.416 e. The molecule has 0 bridgehead atoms. The fraction of sp³-hybridized carbons (Fsp3) is 0.200. The first-order valence-corrected chi connectivity index (χ1v) is 8.76. The largest absolute Gasteiger partial charge is 0.478 e. The van der Waals surface area contributed by atoms with Crippen LogP contribution in [0.2, 0.25) is 5.02 Å². The lowest BCUT2D eigenvalue weighted by atomic mass is 10.1. The van der Waals surface area contributed by atoms with E-state index >= 15 is 0 Å². The highest BCUT2D eigenvalue weighted by Crippen LogP contribution is 2.33. The summed E-state index contributed by atoms with van der Waals surface area (Å²) in [6, 6.07) is 7.45. The van der Waals surface area contributed by atoms with E-state index < -0.39 is 17.7 Å². The molecule has 0 aliphatic heterocycles. The SMILES string of the molecule is O=C(O)c1cc(/C=C/c2ccc(C(F)(F)F)cc2Cl)ccc1NC(=O)C1CC1. The number of aromatic carboxylic acids is 1. The molecule has 146 valence electrons. The van der Waals surface area contributed by atoms with Gasteiger partial charge in [-0.25, -0.2) is 4.79 Å². The summed E-state index contributed by atoms with van der Waals surface area (Å²) in [6.45, 7) is 0. The van der Waals surface area contributed by atoms with Gasteiger partial charge in [-0.3, -0.25) is 4.79 Å². The minimum Gasteiger partial charge on any atom is -0.478 e. The highest BCUT2D eigenvalue weighted by atomic mass is 35.5. The lowest BCUT2D eigenvalue weighted by Gasteiger charge is -2.09. The van der Waals surface area contributed by atoms with Gasteiger partial charge >= 0.3 is 12.1 Å². The summed E-state index contributed by atoms with van der Waals surface area (Å²) in [5.41, 5.74) is 0.137. The van der Waals surface area contributed by atoms with Crippen molar-refractivity contribution in [3.63, 3.8) is 0 Å². The number of halogens is 4. The lowest BCUT2D eigenvalue weighted by Crippen LogP contribution is -2.16. The summed E-state index contributed by atoms with van der Waals surface area (Å²) in [5, 5.41) is 11.9. The molecule has 0 heterocycles. The molecule has 1 aliphatic rings. The van der Waals surface area contributed by atoms with Gasteiger partial charge in [-0.05, 0) is 48.2 Å². The van der Waals surface area contributed by atoms with Crippen LogP contribution in [-0.4, -0.2) is 17.0 Å². The van der Waals surface area contributed by atoms with Crippen molar-refractivity contribution in [2.45, 2.75) is 19.0 Å². The van der Waals surface area contributed by atoms with E-state index in [2.05, 4.69) is 5.32 Å². The minimum absolute atomic E-state index is 0.0666. The monoisotopic (exact) mass is 409 g/mol. The number of amides is 1. The van der Waals surface area contributed by atoms with E-state index in [0.717, 1.165) is 25.0 Å². The number of anilines is 1. The molecule has 28 heavy (non-hydrogen) atoms. The Bertz CT molecular complexity index is 966. The Kier molecular flexibility index (Phi) is 5.47. The molecule has 0 radical (unpaired) electrons. The highest BCUT2D eigenvalue weighted by Gasteiger charge is 2.31. The number of carbonyl (C=O) groups excluding carboxylic acids is 1. The second kappa shape index (κ2) is 7.67. The predicted molar refractivity (Wildman–Crippen MR) is 100 cm³/mol. The van der Waals surface area contributed by atoms with Crippen LogP contribution in [0.3, 0.4) is 0 Å². The third kappa shape index (κ3) is 4.72. The van der Waals surface area contributed by atoms with Crippen LogP contribution >= 0.6 is 11.6 Å². The number of benzene rings is 2. The molecule has 0 atom stereocenters. The predicted octanol–water partition coefficient (Wildman–Crippen LogP) is 5.58. The highest BCUT2D eigenvalue weighted by molar-refractivity contribution is 6.32. The van der Waals surface area contributed by atoms with Crippen molar-refractivity contribution in [3.05, 3.63) is 63.7 Å². The molecule has 1 amide bonds. The van der Waals surface area contributed by atoms with Crippen LogP contribution in [0.5, 0.6) is 0 Å². The molecule has 0 aromatic heterocycles. The summed E-state index contributed by atoms with van der Waals surface area (Å²) < 4.78 is 38.1. The molecule has 3 rings (SSSR count). The van der Waals surface area contributed by atoms with Crippen LogP contribution < -0.4 is 5.32 Å². The third-order valence-corrected chi connectivity index (χ3v) is 4.59. The zero-order chi connectivity index (χ0) is 20.5. The number of alkyl halides is 3.